The minimum Gasteiger partial charge on any atom is -0.457 e. The van der Waals surface area contributed by atoms with Crippen molar-refractivity contribution < 1.29 is 9.53 Å². The first-order valence-corrected chi connectivity index (χ1v) is 12.0. The largest absolute Gasteiger partial charge is 0.457 e. The zero-order valence-electron chi connectivity index (χ0n) is 21.0. The van der Waals surface area contributed by atoms with Gasteiger partial charge in [0.2, 0.25) is 0 Å². The molecular formula is C29H28N6O2. The molecule has 0 atom stereocenters. The molecule has 2 N–H and O–H groups in total. The first kappa shape index (κ1) is 24.0. The van der Waals surface area contributed by atoms with Crippen molar-refractivity contribution in [2.24, 2.45) is 4.99 Å². The quantitative estimate of drug-likeness (QED) is 0.347. The molecule has 1 aliphatic rings. The highest BCUT2D eigenvalue weighted by atomic mass is 16.5. The number of nitrogens with one attached hydrogen (secondary N) is 2. The number of rotatable bonds is 8. The number of imidazole rings is 1. The van der Waals surface area contributed by atoms with Gasteiger partial charge in [-0.25, -0.2) is 9.97 Å². The highest BCUT2D eigenvalue weighted by Gasteiger charge is 2.30. The monoisotopic (exact) mass is 492 g/mol. The van der Waals surface area contributed by atoms with Crippen LogP contribution in [-0.4, -0.2) is 32.0 Å². The smallest absolute Gasteiger partial charge is 0.255 e. The molecule has 4 aromatic rings. The molecule has 8 heteroatoms. The molecule has 0 fully saturated rings. The average Bonchev–Trinajstić information content (AvgIpc) is 3.49. The van der Waals surface area contributed by atoms with E-state index in [1.54, 1.807) is 36.8 Å². The van der Waals surface area contributed by atoms with E-state index < -0.39 is 5.54 Å². The predicted molar refractivity (Wildman–Crippen MR) is 146 cm³/mol. The highest BCUT2D eigenvalue weighted by Crippen LogP contribution is 2.31. The number of hydrogen-bond donors (Lipinski definition) is 2. The Morgan fingerprint density at radius 1 is 1.11 bits per heavy atom. The van der Waals surface area contributed by atoms with Gasteiger partial charge in [-0.2, -0.15) is 0 Å². The maximum absolute atomic E-state index is 12.7. The van der Waals surface area contributed by atoms with E-state index in [0.717, 1.165) is 28.0 Å². The van der Waals surface area contributed by atoms with Crippen molar-refractivity contribution in [3.63, 3.8) is 0 Å². The Bertz CT molecular complexity index is 1560. The molecule has 1 amide bonds. The van der Waals surface area contributed by atoms with Gasteiger partial charge in [0.1, 0.15) is 23.0 Å². The Morgan fingerprint density at radius 2 is 1.97 bits per heavy atom. The molecular weight excluding hydrogens is 464 g/mol. The third-order valence-corrected chi connectivity index (χ3v) is 6.32. The molecule has 5 rings (SSSR count). The fourth-order valence-electron chi connectivity index (χ4n) is 4.20. The zero-order chi connectivity index (χ0) is 26.0. The molecule has 1 aliphatic heterocycles. The van der Waals surface area contributed by atoms with Gasteiger partial charge < -0.3 is 19.8 Å². The molecule has 0 bridgehead atoms. The summed E-state index contributed by atoms with van der Waals surface area (Å²) in [5, 5.41) is 6.25. The predicted octanol–water partition coefficient (Wildman–Crippen LogP) is 5.32. The molecule has 0 aliphatic carbocycles. The number of aliphatic imine (C=N–C) groups is 1. The number of aromatic nitrogens is 3. The van der Waals surface area contributed by atoms with Gasteiger partial charge in [0.05, 0.1) is 5.54 Å². The van der Waals surface area contributed by atoms with Crippen LogP contribution in [0.15, 0.2) is 90.5 Å². The van der Waals surface area contributed by atoms with Gasteiger partial charge in [0, 0.05) is 66.0 Å². The molecule has 0 saturated carbocycles. The maximum Gasteiger partial charge on any atom is 0.255 e. The van der Waals surface area contributed by atoms with E-state index in [1.165, 1.54) is 0 Å². The summed E-state index contributed by atoms with van der Waals surface area (Å²) in [6.07, 6.45) is 10.7. The van der Waals surface area contributed by atoms with Crippen LogP contribution in [-0.2, 0) is 11.3 Å². The second-order valence-corrected chi connectivity index (χ2v) is 9.34. The lowest BCUT2D eigenvalue weighted by Crippen LogP contribution is -2.28. The molecule has 4 heterocycles. The average molecular weight is 493 g/mol. The lowest BCUT2D eigenvalue weighted by Gasteiger charge is -2.19. The van der Waals surface area contributed by atoms with Crippen LogP contribution in [0.4, 0.5) is 5.82 Å². The summed E-state index contributed by atoms with van der Waals surface area (Å²) in [5.41, 5.74) is 4.74. The van der Waals surface area contributed by atoms with Crippen molar-refractivity contribution >= 4 is 29.3 Å². The molecule has 0 unspecified atom stereocenters. The highest BCUT2D eigenvalue weighted by molar-refractivity contribution is 6.08. The van der Waals surface area contributed by atoms with Crippen molar-refractivity contribution in [2.75, 3.05) is 5.32 Å². The first-order valence-electron chi connectivity index (χ1n) is 12.0. The van der Waals surface area contributed by atoms with E-state index in [1.807, 2.05) is 61.8 Å². The summed E-state index contributed by atoms with van der Waals surface area (Å²) in [5.74, 6) is 1.42. The molecule has 8 nitrogen and oxygen atoms in total. The number of fused-ring (bicyclic) bond motifs is 1. The van der Waals surface area contributed by atoms with E-state index in [4.69, 9.17) is 4.74 Å². The Labute approximate surface area is 215 Å². The summed E-state index contributed by atoms with van der Waals surface area (Å²) < 4.78 is 8.15. The molecule has 0 saturated heterocycles. The molecule has 0 spiro atoms. The van der Waals surface area contributed by atoms with Gasteiger partial charge in [-0.15, -0.1) is 0 Å². The minimum atomic E-state index is -0.557. The molecule has 0 radical (unpaired) electrons. The van der Waals surface area contributed by atoms with Crippen LogP contribution >= 0.6 is 0 Å². The number of benzene rings is 1. The van der Waals surface area contributed by atoms with Crippen molar-refractivity contribution in [3.8, 4) is 11.5 Å². The first-order chi connectivity index (χ1) is 17.8. The van der Waals surface area contributed by atoms with Crippen LogP contribution in [0, 0.1) is 6.92 Å². The standard InChI is InChI=1S/C29H28N6O2/c1-19-23(20(2)32-18-21-10-14-35-15-13-31-27(35)16-21)6-5-7-25(19)37-22-8-11-30-26(17-22)34-28(36)24-9-12-33-29(24,3)4/h5-17,32H,2,18H2,1,3-4H3,(H,30,34,36). The van der Waals surface area contributed by atoms with Crippen LogP contribution in [0.2, 0.25) is 0 Å². The van der Waals surface area contributed by atoms with Crippen LogP contribution in [0.25, 0.3) is 11.3 Å². The minimum absolute atomic E-state index is 0.236. The number of carbonyl (C=O) groups is 1. The van der Waals surface area contributed by atoms with Crippen molar-refractivity contribution in [2.45, 2.75) is 32.9 Å². The molecule has 37 heavy (non-hydrogen) atoms. The fourth-order valence-corrected chi connectivity index (χ4v) is 4.20. The second kappa shape index (κ2) is 9.73. The van der Waals surface area contributed by atoms with E-state index >= 15 is 0 Å². The van der Waals surface area contributed by atoms with Crippen LogP contribution < -0.4 is 15.4 Å². The van der Waals surface area contributed by atoms with Gasteiger partial charge in [-0.3, -0.25) is 9.79 Å². The number of pyridine rings is 2. The number of amides is 1. The van der Waals surface area contributed by atoms with Gasteiger partial charge >= 0.3 is 0 Å². The van der Waals surface area contributed by atoms with E-state index in [-0.39, 0.29) is 5.91 Å². The summed E-state index contributed by atoms with van der Waals surface area (Å²) in [7, 11) is 0. The van der Waals surface area contributed by atoms with E-state index in [9.17, 15) is 4.79 Å². The second-order valence-electron chi connectivity index (χ2n) is 9.34. The van der Waals surface area contributed by atoms with Gasteiger partial charge in [0.15, 0.2) is 0 Å². The van der Waals surface area contributed by atoms with E-state index in [0.29, 0.717) is 29.4 Å². The Morgan fingerprint density at radius 3 is 2.78 bits per heavy atom. The van der Waals surface area contributed by atoms with Crippen molar-refractivity contribution in [1.29, 1.82) is 0 Å². The molecule has 1 aromatic carbocycles. The van der Waals surface area contributed by atoms with Crippen molar-refractivity contribution in [3.05, 3.63) is 102 Å². The van der Waals surface area contributed by atoms with Gasteiger partial charge in [-0.1, -0.05) is 18.7 Å². The van der Waals surface area contributed by atoms with E-state index in [2.05, 4.69) is 38.2 Å². The molecule has 3 aromatic heterocycles. The summed E-state index contributed by atoms with van der Waals surface area (Å²) in [6, 6.07) is 13.4. The Balaban J connectivity index is 1.26. The normalized spacial score (nSPS) is 13.9. The lowest BCUT2D eigenvalue weighted by atomic mass is 9.96. The fraction of sp³-hybridized carbons (Fsp3) is 0.172. The molecule has 186 valence electrons. The Hall–Kier alpha value is -4.72. The number of ether oxygens (including phenoxy) is 1. The van der Waals surface area contributed by atoms with Gasteiger partial charge in [-0.05, 0) is 56.7 Å². The lowest BCUT2D eigenvalue weighted by molar-refractivity contribution is -0.113. The SMILES string of the molecule is C=C(NCc1ccn2ccnc2c1)c1cccc(Oc2ccnc(NC(=O)C3=CC=NC3(C)C)c2)c1C. The number of allylic oxidation sites excluding steroid dienone is 1. The Kier molecular flexibility index (Phi) is 6.31. The van der Waals surface area contributed by atoms with Crippen LogP contribution in [0.5, 0.6) is 11.5 Å². The number of nitrogens with zero attached hydrogens (tertiary/aromatic N) is 4. The van der Waals surface area contributed by atoms with Gasteiger partial charge in [0.25, 0.3) is 5.91 Å². The zero-order valence-corrected chi connectivity index (χ0v) is 21.0. The summed E-state index contributed by atoms with van der Waals surface area (Å²) in [4.78, 5) is 25.7. The number of carbonyl (C=O) groups excluding carboxylic acids is 1. The topological polar surface area (TPSA) is 92.9 Å². The van der Waals surface area contributed by atoms with Crippen molar-refractivity contribution in [1.82, 2.24) is 19.7 Å². The maximum atomic E-state index is 12.7. The van der Waals surface area contributed by atoms with Crippen LogP contribution in [0.1, 0.15) is 30.5 Å². The number of hydrogen-bond acceptors (Lipinski definition) is 6. The summed E-state index contributed by atoms with van der Waals surface area (Å²) >= 11 is 0. The summed E-state index contributed by atoms with van der Waals surface area (Å²) in [6.45, 7) is 10.6. The number of anilines is 1. The third kappa shape index (κ3) is 5.13. The van der Waals surface area contributed by atoms with Crippen LogP contribution in [0.3, 0.4) is 0 Å². The third-order valence-electron chi connectivity index (χ3n) is 6.32.